The summed E-state index contributed by atoms with van der Waals surface area (Å²) in [4.78, 5) is 4.74. The Morgan fingerprint density at radius 2 is 1.79 bits per heavy atom. The molecule has 19 heavy (non-hydrogen) atoms. The van der Waals surface area contributed by atoms with E-state index in [-0.39, 0.29) is 20.1 Å². The molecule has 1 aromatic heterocycles. The Morgan fingerprint density at radius 1 is 0.895 bits per heavy atom. The zero-order chi connectivity index (χ0) is 11.9. The number of benzene rings is 2. The summed E-state index contributed by atoms with van der Waals surface area (Å²) < 4.78 is 0. The molecule has 2 heteroatoms. The van der Waals surface area contributed by atoms with Crippen LogP contribution in [0.1, 0.15) is 11.1 Å². The average Bonchev–Trinajstić information content (AvgIpc) is 2.85. The molecule has 0 N–H and O–H groups in total. The third kappa shape index (κ3) is 1.94. The molecule has 0 amide bonds. The van der Waals surface area contributed by atoms with E-state index >= 15 is 0 Å². The molecule has 0 spiro atoms. The molecule has 1 heterocycles. The van der Waals surface area contributed by atoms with Gasteiger partial charge in [-0.05, 0) is 22.9 Å². The van der Waals surface area contributed by atoms with Gasteiger partial charge in [0.1, 0.15) is 0 Å². The average molecular weight is 420 g/mol. The monoisotopic (exact) mass is 421 g/mol. The Kier molecular flexibility index (Phi) is 3.06. The van der Waals surface area contributed by atoms with Gasteiger partial charge in [0.05, 0.1) is 5.52 Å². The molecule has 1 nitrogen and oxygen atoms in total. The predicted molar refractivity (Wildman–Crippen MR) is 74.9 cm³/mol. The Bertz CT molecular complexity index is 776. The van der Waals surface area contributed by atoms with Crippen LogP contribution in [0.2, 0.25) is 0 Å². The van der Waals surface area contributed by atoms with Crippen LogP contribution in [-0.2, 0) is 20.1 Å². The number of hydrogen-bond donors (Lipinski definition) is 0. The Balaban J connectivity index is 0.00000110. The van der Waals surface area contributed by atoms with E-state index in [9.17, 15) is 0 Å². The Hall–Kier alpha value is -1.76. The molecule has 0 unspecified atom stereocenters. The maximum Gasteiger partial charge on any atom is 0.0607 e. The molecule has 93 valence electrons. The fourth-order valence-corrected chi connectivity index (χ4v) is 2.49. The van der Waals surface area contributed by atoms with Crippen LogP contribution < -0.4 is 0 Å². The minimum atomic E-state index is 0. The molecule has 0 saturated heterocycles. The number of rotatable bonds is 1. The van der Waals surface area contributed by atoms with E-state index < -0.39 is 0 Å². The molecular formula is C17H10IrN-. The van der Waals surface area contributed by atoms with E-state index in [4.69, 9.17) is 4.98 Å². The maximum atomic E-state index is 4.74. The summed E-state index contributed by atoms with van der Waals surface area (Å²) in [6, 6.07) is 19.6. The van der Waals surface area contributed by atoms with E-state index in [0.717, 1.165) is 16.8 Å². The first-order valence-corrected chi connectivity index (χ1v) is 6.01. The van der Waals surface area contributed by atoms with Gasteiger partial charge in [0.15, 0.2) is 0 Å². The first-order valence-electron chi connectivity index (χ1n) is 6.01. The maximum absolute atomic E-state index is 4.74. The fourth-order valence-electron chi connectivity index (χ4n) is 2.49. The summed E-state index contributed by atoms with van der Waals surface area (Å²) in [5.41, 5.74) is 5.60. The summed E-state index contributed by atoms with van der Waals surface area (Å²) in [7, 11) is 0. The first-order chi connectivity index (χ1) is 8.92. The zero-order valence-corrected chi connectivity index (χ0v) is 12.4. The third-order valence-electron chi connectivity index (χ3n) is 3.32. The van der Waals surface area contributed by atoms with Crippen LogP contribution in [0.25, 0.3) is 34.3 Å². The van der Waals surface area contributed by atoms with Crippen LogP contribution in [-0.4, -0.2) is 4.98 Å². The molecule has 3 aromatic rings. The largest absolute Gasteiger partial charge is 0.296 e. The minimum absolute atomic E-state index is 0. The molecule has 0 fully saturated rings. The van der Waals surface area contributed by atoms with Crippen molar-refractivity contribution >= 4 is 23.1 Å². The van der Waals surface area contributed by atoms with Gasteiger partial charge in [-0.15, -0.1) is 35.9 Å². The normalized spacial score (nSPS) is 11.6. The van der Waals surface area contributed by atoms with Crippen LogP contribution in [0.3, 0.4) is 0 Å². The van der Waals surface area contributed by atoms with Crippen molar-refractivity contribution in [1.82, 2.24) is 4.98 Å². The van der Waals surface area contributed by atoms with Crippen molar-refractivity contribution in [3.8, 4) is 11.3 Å². The predicted octanol–water partition coefficient (Wildman–Crippen LogP) is 4.18. The molecule has 2 aromatic carbocycles. The van der Waals surface area contributed by atoms with Crippen molar-refractivity contribution in [3.05, 3.63) is 65.7 Å². The van der Waals surface area contributed by atoms with Crippen molar-refractivity contribution in [1.29, 1.82) is 0 Å². The molecule has 4 rings (SSSR count). The van der Waals surface area contributed by atoms with Crippen molar-refractivity contribution in [2.24, 2.45) is 0 Å². The molecule has 0 aliphatic heterocycles. The van der Waals surface area contributed by atoms with E-state index in [2.05, 4.69) is 42.5 Å². The van der Waals surface area contributed by atoms with Crippen molar-refractivity contribution in [2.45, 2.75) is 0 Å². The standard InChI is InChI=1S/C17H10N.Ir/c1-2-5-12(6-3-1)16-11-14-10-9-13-7-4-8-15(18-16)17(13)14;/h1-5,7-11H;/q-1;. The van der Waals surface area contributed by atoms with E-state index in [1.54, 1.807) is 0 Å². The first kappa shape index (κ1) is 12.3. The van der Waals surface area contributed by atoms with Crippen molar-refractivity contribution < 1.29 is 20.1 Å². The van der Waals surface area contributed by atoms with Gasteiger partial charge in [-0.2, -0.15) is 0 Å². The van der Waals surface area contributed by atoms with Gasteiger partial charge in [-0.3, -0.25) is 4.98 Å². The van der Waals surface area contributed by atoms with Gasteiger partial charge < -0.3 is 0 Å². The molecule has 0 saturated carbocycles. The topological polar surface area (TPSA) is 12.9 Å². The van der Waals surface area contributed by atoms with Crippen LogP contribution in [0.5, 0.6) is 0 Å². The summed E-state index contributed by atoms with van der Waals surface area (Å²) >= 11 is 0. The second-order valence-electron chi connectivity index (χ2n) is 4.45. The minimum Gasteiger partial charge on any atom is -0.296 e. The Morgan fingerprint density at radius 3 is 2.63 bits per heavy atom. The van der Waals surface area contributed by atoms with E-state index in [1.807, 2.05) is 24.3 Å². The van der Waals surface area contributed by atoms with Gasteiger partial charge in [0, 0.05) is 25.5 Å². The van der Waals surface area contributed by atoms with Crippen LogP contribution in [0, 0.1) is 6.07 Å². The van der Waals surface area contributed by atoms with Crippen LogP contribution in [0.15, 0.2) is 48.5 Å². The second kappa shape index (κ2) is 4.73. The number of aromatic nitrogens is 1. The van der Waals surface area contributed by atoms with Gasteiger partial charge in [-0.1, -0.05) is 30.4 Å². The second-order valence-corrected chi connectivity index (χ2v) is 4.45. The number of nitrogens with zero attached hydrogens (tertiary/aromatic N) is 1. The van der Waals surface area contributed by atoms with Crippen LogP contribution in [0.4, 0.5) is 0 Å². The van der Waals surface area contributed by atoms with E-state index in [0.29, 0.717) is 0 Å². The quantitative estimate of drug-likeness (QED) is 0.421. The smallest absolute Gasteiger partial charge is 0.0607 e. The summed E-state index contributed by atoms with van der Waals surface area (Å²) in [6.45, 7) is 0. The number of pyridine rings is 1. The molecule has 0 bridgehead atoms. The molecule has 0 atom stereocenters. The van der Waals surface area contributed by atoms with Gasteiger partial charge >= 0.3 is 0 Å². The van der Waals surface area contributed by atoms with Crippen molar-refractivity contribution in [2.75, 3.05) is 0 Å². The molecular weight excluding hydrogens is 410 g/mol. The van der Waals surface area contributed by atoms with Gasteiger partial charge in [-0.25, -0.2) is 0 Å². The van der Waals surface area contributed by atoms with Crippen molar-refractivity contribution in [3.63, 3.8) is 0 Å². The fraction of sp³-hybridized carbons (Fsp3) is 0. The van der Waals surface area contributed by atoms with E-state index in [1.165, 1.54) is 16.5 Å². The third-order valence-corrected chi connectivity index (χ3v) is 3.32. The summed E-state index contributed by atoms with van der Waals surface area (Å²) in [6.07, 6.45) is 4.31. The summed E-state index contributed by atoms with van der Waals surface area (Å²) in [5.74, 6) is 0. The molecule has 1 aliphatic carbocycles. The molecule has 1 radical (unpaired) electrons. The van der Waals surface area contributed by atoms with Crippen LogP contribution >= 0.6 is 0 Å². The summed E-state index contributed by atoms with van der Waals surface area (Å²) in [5, 5.41) is 1.26. The zero-order valence-electron chi connectivity index (χ0n) is 10.1. The van der Waals surface area contributed by atoms with Gasteiger partial charge in [0.25, 0.3) is 0 Å². The Labute approximate surface area is 125 Å². The van der Waals surface area contributed by atoms with Gasteiger partial charge in [0.2, 0.25) is 0 Å². The SMILES string of the molecule is [Ir].[c-]1ccccc1-c1cc2c3c(cccc3n1)C=C2. The number of hydrogen-bond acceptors (Lipinski definition) is 1. The molecule has 1 aliphatic rings.